The van der Waals surface area contributed by atoms with E-state index in [2.05, 4.69) is 4.98 Å². The predicted molar refractivity (Wildman–Crippen MR) is 108 cm³/mol. The standard InChI is InChI=1S/C20H19ClN2O3S/c1-23(11-14-5-4-6-17(25-2)18(14)26-3)20(24)16-12-27-19(22-16)13-7-9-15(21)10-8-13/h4-10,12H,11H2,1-3H3. The molecule has 1 heterocycles. The third-order valence-corrected chi connectivity index (χ3v) is 5.20. The number of methoxy groups -OCH3 is 2. The normalized spacial score (nSPS) is 10.5. The Morgan fingerprint density at radius 2 is 1.89 bits per heavy atom. The highest BCUT2D eigenvalue weighted by Gasteiger charge is 2.19. The van der Waals surface area contributed by atoms with Crippen LogP contribution in [0.4, 0.5) is 0 Å². The molecule has 1 amide bonds. The first-order chi connectivity index (χ1) is 13.0. The Hall–Kier alpha value is -2.57. The number of aromatic nitrogens is 1. The number of carbonyl (C=O) groups excluding carboxylic acids is 1. The van der Waals surface area contributed by atoms with Gasteiger partial charge in [0.05, 0.1) is 14.2 Å². The Morgan fingerprint density at radius 1 is 1.15 bits per heavy atom. The molecule has 0 spiro atoms. The maximum atomic E-state index is 12.8. The Kier molecular flexibility index (Phi) is 5.98. The molecule has 7 heteroatoms. The van der Waals surface area contributed by atoms with Gasteiger partial charge in [0.25, 0.3) is 5.91 Å². The molecule has 2 aromatic carbocycles. The zero-order valence-corrected chi connectivity index (χ0v) is 16.8. The second kappa shape index (κ2) is 8.41. The van der Waals surface area contributed by atoms with Crippen LogP contribution in [-0.4, -0.2) is 37.1 Å². The van der Waals surface area contributed by atoms with E-state index >= 15 is 0 Å². The van der Waals surface area contributed by atoms with Gasteiger partial charge in [-0.1, -0.05) is 35.9 Å². The number of hydrogen-bond acceptors (Lipinski definition) is 5. The fourth-order valence-electron chi connectivity index (χ4n) is 2.70. The summed E-state index contributed by atoms with van der Waals surface area (Å²) in [6.45, 7) is 0.382. The average Bonchev–Trinajstić information content (AvgIpc) is 3.17. The monoisotopic (exact) mass is 402 g/mol. The molecular formula is C20H19ClN2O3S. The first kappa shape index (κ1) is 19.2. The van der Waals surface area contributed by atoms with Gasteiger partial charge in [-0.05, 0) is 18.2 Å². The van der Waals surface area contributed by atoms with Crippen molar-refractivity contribution < 1.29 is 14.3 Å². The topological polar surface area (TPSA) is 51.7 Å². The van der Waals surface area contributed by atoms with Crippen LogP contribution in [-0.2, 0) is 6.54 Å². The van der Waals surface area contributed by atoms with Gasteiger partial charge < -0.3 is 14.4 Å². The van der Waals surface area contributed by atoms with E-state index in [4.69, 9.17) is 21.1 Å². The van der Waals surface area contributed by atoms with Crippen LogP contribution in [0.25, 0.3) is 10.6 Å². The minimum absolute atomic E-state index is 0.156. The number of para-hydroxylation sites is 1. The van der Waals surface area contributed by atoms with Crippen LogP contribution >= 0.6 is 22.9 Å². The summed E-state index contributed by atoms with van der Waals surface area (Å²) in [7, 11) is 4.91. The molecule has 0 aliphatic heterocycles. The molecule has 1 aromatic heterocycles. The van der Waals surface area contributed by atoms with E-state index in [1.165, 1.54) is 11.3 Å². The van der Waals surface area contributed by atoms with E-state index in [9.17, 15) is 4.79 Å². The molecule has 0 N–H and O–H groups in total. The highest BCUT2D eigenvalue weighted by molar-refractivity contribution is 7.13. The molecule has 0 saturated carbocycles. The van der Waals surface area contributed by atoms with Crippen LogP contribution in [0.5, 0.6) is 11.5 Å². The number of amides is 1. The van der Waals surface area contributed by atoms with Crippen LogP contribution in [0.15, 0.2) is 47.8 Å². The Bertz CT molecular complexity index is 941. The quantitative estimate of drug-likeness (QED) is 0.596. The van der Waals surface area contributed by atoms with Crippen molar-refractivity contribution in [1.82, 2.24) is 9.88 Å². The first-order valence-electron chi connectivity index (χ1n) is 8.20. The lowest BCUT2D eigenvalue weighted by atomic mass is 10.1. The molecule has 0 unspecified atom stereocenters. The van der Waals surface area contributed by atoms with Gasteiger partial charge in [-0.15, -0.1) is 11.3 Å². The van der Waals surface area contributed by atoms with Crippen molar-refractivity contribution in [2.45, 2.75) is 6.54 Å². The lowest BCUT2D eigenvalue weighted by Gasteiger charge is -2.19. The van der Waals surface area contributed by atoms with Crippen LogP contribution in [0.3, 0.4) is 0 Å². The number of thiazole rings is 1. The van der Waals surface area contributed by atoms with Gasteiger partial charge in [0.15, 0.2) is 11.5 Å². The van der Waals surface area contributed by atoms with Gasteiger partial charge in [0, 0.05) is 35.1 Å². The largest absolute Gasteiger partial charge is 0.493 e. The molecule has 5 nitrogen and oxygen atoms in total. The van der Waals surface area contributed by atoms with E-state index in [0.717, 1.165) is 16.1 Å². The minimum atomic E-state index is -0.156. The summed E-state index contributed by atoms with van der Waals surface area (Å²) in [5.41, 5.74) is 2.20. The van der Waals surface area contributed by atoms with Crippen molar-refractivity contribution in [3.8, 4) is 22.1 Å². The maximum Gasteiger partial charge on any atom is 0.273 e. The maximum absolute atomic E-state index is 12.8. The molecule has 140 valence electrons. The van der Waals surface area contributed by atoms with Crippen molar-refractivity contribution in [3.63, 3.8) is 0 Å². The van der Waals surface area contributed by atoms with Crippen molar-refractivity contribution >= 4 is 28.8 Å². The summed E-state index contributed by atoms with van der Waals surface area (Å²) in [5.74, 6) is 1.10. The highest BCUT2D eigenvalue weighted by atomic mass is 35.5. The van der Waals surface area contributed by atoms with E-state index in [1.807, 2.05) is 30.3 Å². The van der Waals surface area contributed by atoms with Gasteiger partial charge in [0.1, 0.15) is 10.7 Å². The van der Waals surface area contributed by atoms with Gasteiger partial charge in [0.2, 0.25) is 0 Å². The third kappa shape index (κ3) is 4.23. The molecule has 0 radical (unpaired) electrons. The molecule has 3 aromatic rings. The molecule has 0 bridgehead atoms. The van der Waals surface area contributed by atoms with Crippen LogP contribution in [0.1, 0.15) is 16.1 Å². The number of nitrogens with zero attached hydrogens (tertiary/aromatic N) is 2. The Balaban J connectivity index is 1.78. The molecule has 0 saturated heterocycles. The summed E-state index contributed by atoms with van der Waals surface area (Å²) in [6.07, 6.45) is 0. The van der Waals surface area contributed by atoms with Gasteiger partial charge in [-0.3, -0.25) is 4.79 Å². The van der Waals surface area contributed by atoms with Crippen LogP contribution < -0.4 is 9.47 Å². The van der Waals surface area contributed by atoms with E-state index < -0.39 is 0 Å². The SMILES string of the molecule is COc1cccc(CN(C)C(=O)c2csc(-c3ccc(Cl)cc3)n2)c1OC. The number of rotatable bonds is 6. The summed E-state index contributed by atoms with van der Waals surface area (Å²) in [5, 5.41) is 3.21. The summed E-state index contributed by atoms with van der Waals surface area (Å²) >= 11 is 7.35. The van der Waals surface area contributed by atoms with Crippen LogP contribution in [0.2, 0.25) is 5.02 Å². The van der Waals surface area contributed by atoms with E-state index in [1.54, 1.807) is 43.7 Å². The molecule has 27 heavy (non-hydrogen) atoms. The van der Waals surface area contributed by atoms with Crippen molar-refractivity contribution in [1.29, 1.82) is 0 Å². The summed E-state index contributed by atoms with van der Waals surface area (Å²) in [6, 6.07) is 13.0. The van der Waals surface area contributed by atoms with Crippen molar-refractivity contribution in [2.75, 3.05) is 21.3 Å². The molecule has 3 rings (SSSR count). The average molecular weight is 403 g/mol. The second-order valence-corrected chi connectivity index (χ2v) is 7.15. The zero-order chi connectivity index (χ0) is 19.4. The number of hydrogen-bond donors (Lipinski definition) is 0. The first-order valence-corrected chi connectivity index (χ1v) is 9.46. The highest BCUT2D eigenvalue weighted by Crippen LogP contribution is 2.32. The smallest absolute Gasteiger partial charge is 0.273 e. The lowest BCUT2D eigenvalue weighted by Crippen LogP contribution is -2.26. The minimum Gasteiger partial charge on any atom is -0.493 e. The van der Waals surface area contributed by atoms with Crippen LogP contribution in [0, 0.1) is 0 Å². The molecule has 0 aliphatic rings. The second-order valence-electron chi connectivity index (χ2n) is 5.86. The van der Waals surface area contributed by atoms with Gasteiger partial charge in [-0.2, -0.15) is 0 Å². The van der Waals surface area contributed by atoms with Gasteiger partial charge >= 0.3 is 0 Å². The number of carbonyl (C=O) groups is 1. The fraction of sp³-hybridized carbons (Fsp3) is 0.200. The Morgan fingerprint density at radius 3 is 2.56 bits per heavy atom. The molecule has 0 fully saturated rings. The predicted octanol–water partition coefficient (Wildman–Crippen LogP) is 4.75. The lowest BCUT2D eigenvalue weighted by molar-refractivity contribution is 0.0779. The fourth-order valence-corrected chi connectivity index (χ4v) is 3.62. The summed E-state index contributed by atoms with van der Waals surface area (Å²) < 4.78 is 10.8. The van der Waals surface area contributed by atoms with Crippen molar-refractivity contribution in [2.24, 2.45) is 0 Å². The summed E-state index contributed by atoms with van der Waals surface area (Å²) in [4.78, 5) is 18.9. The third-order valence-electron chi connectivity index (χ3n) is 4.05. The molecule has 0 aliphatic carbocycles. The number of ether oxygens (including phenoxy) is 2. The van der Waals surface area contributed by atoms with Crippen molar-refractivity contribution in [3.05, 3.63) is 64.1 Å². The Labute approximate surface area is 167 Å². The molecule has 0 atom stereocenters. The van der Waals surface area contributed by atoms with E-state index in [0.29, 0.717) is 28.8 Å². The zero-order valence-electron chi connectivity index (χ0n) is 15.2. The number of halogens is 1. The molecular weight excluding hydrogens is 384 g/mol. The number of benzene rings is 2. The van der Waals surface area contributed by atoms with E-state index in [-0.39, 0.29) is 5.91 Å². The van der Waals surface area contributed by atoms with Gasteiger partial charge in [-0.25, -0.2) is 4.98 Å².